The first-order chi connectivity index (χ1) is 9.58. The third-order valence-electron chi connectivity index (χ3n) is 2.52. The van der Waals surface area contributed by atoms with Gasteiger partial charge in [0.2, 0.25) is 0 Å². The number of nitrogens with two attached hydrogens (primary N) is 1. The first-order valence-corrected chi connectivity index (χ1v) is 7.31. The van der Waals surface area contributed by atoms with E-state index < -0.39 is 0 Å². The minimum atomic E-state index is -0.148. The van der Waals surface area contributed by atoms with Crippen LogP contribution in [-0.2, 0) is 6.42 Å². The van der Waals surface area contributed by atoms with Gasteiger partial charge in [0, 0.05) is 12.1 Å². The molecule has 0 saturated carbocycles. The number of halogens is 1. The van der Waals surface area contributed by atoms with Gasteiger partial charge >= 0.3 is 0 Å². The predicted octanol–water partition coefficient (Wildman–Crippen LogP) is 3.05. The second-order valence-corrected chi connectivity index (χ2v) is 6.49. The second kappa shape index (κ2) is 6.53. The second-order valence-electron chi connectivity index (χ2n) is 4.02. The molecule has 7 heteroatoms. The van der Waals surface area contributed by atoms with Crippen molar-refractivity contribution in [3.8, 4) is 0 Å². The zero-order valence-corrected chi connectivity index (χ0v) is 12.7. The molecule has 0 unspecified atom stereocenters. The molecular weight excluding hydrogens is 342 g/mol. The van der Waals surface area contributed by atoms with Crippen LogP contribution in [0.2, 0.25) is 0 Å². The maximum atomic E-state index is 11.9. The van der Waals surface area contributed by atoms with Crippen LogP contribution in [-0.4, -0.2) is 17.0 Å². The molecule has 0 saturated heterocycles. The molecule has 0 aliphatic carbocycles. The van der Waals surface area contributed by atoms with Gasteiger partial charge in [-0.05, 0) is 45.8 Å². The van der Waals surface area contributed by atoms with Crippen molar-refractivity contribution in [3.63, 3.8) is 0 Å². The van der Waals surface area contributed by atoms with Crippen LogP contribution in [0.4, 0.5) is 5.69 Å². The molecule has 1 amide bonds. The Morgan fingerprint density at radius 3 is 2.55 bits per heavy atom. The summed E-state index contributed by atoms with van der Waals surface area (Å²) in [5, 5.41) is 14.2. The number of rotatable bonds is 4. The lowest BCUT2D eigenvalue weighted by Crippen LogP contribution is -2.14. The van der Waals surface area contributed by atoms with Crippen molar-refractivity contribution in [1.82, 2.24) is 0 Å². The lowest BCUT2D eigenvalue weighted by Gasteiger charge is -2.05. The number of thiophene rings is 1. The number of amidine groups is 1. The lowest BCUT2D eigenvalue weighted by molar-refractivity contribution is 0.103. The van der Waals surface area contributed by atoms with E-state index in [1.54, 1.807) is 18.2 Å². The number of hydrogen-bond acceptors (Lipinski definition) is 4. The van der Waals surface area contributed by atoms with Crippen LogP contribution in [0.25, 0.3) is 0 Å². The molecule has 2 rings (SSSR count). The van der Waals surface area contributed by atoms with Gasteiger partial charge in [-0.1, -0.05) is 17.3 Å². The molecule has 1 aromatic heterocycles. The van der Waals surface area contributed by atoms with Gasteiger partial charge in [-0.3, -0.25) is 4.79 Å². The molecule has 0 atom stereocenters. The van der Waals surface area contributed by atoms with Crippen LogP contribution in [0.15, 0.2) is 45.3 Å². The summed E-state index contributed by atoms with van der Waals surface area (Å²) in [5.74, 6) is -0.00453. The Morgan fingerprint density at radius 2 is 2.00 bits per heavy atom. The molecular formula is C13H12BrN3O2S. The maximum absolute atomic E-state index is 11.9. The molecule has 1 aromatic carbocycles. The normalized spacial score (nSPS) is 11.3. The number of benzene rings is 1. The van der Waals surface area contributed by atoms with E-state index in [1.165, 1.54) is 11.3 Å². The topological polar surface area (TPSA) is 87.7 Å². The summed E-state index contributed by atoms with van der Waals surface area (Å²) in [6.45, 7) is 0. The van der Waals surface area contributed by atoms with Crippen molar-refractivity contribution >= 4 is 44.7 Å². The molecule has 0 fully saturated rings. The first kappa shape index (κ1) is 14.5. The summed E-state index contributed by atoms with van der Waals surface area (Å²) in [5.41, 5.74) is 7.03. The van der Waals surface area contributed by atoms with Crippen LogP contribution in [0.1, 0.15) is 15.2 Å². The van der Waals surface area contributed by atoms with Crippen molar-refractivity contribution < 1.29 is 10.0 Å². The third-order valence-corrected chi connectivity index (χ3v) is 4.14. The van der Waals surface area contributed by atoms with E-state index in [1.807, 2.05) is 18.2 Å². The molecule has 5 nitrogen and oxygen atoms in total. The van der Waals surface area contributed by atoms with Crippen LogP contribution < -0.4 is 11.1 Å². The minimum absolute atomic E-state index is 0.144. The number of nitrogens with zero attached hydrogens (tertiary/aromatic N) is 1. The number of nitrogens with one attached hydrogen (secondary N) is 1. The number of anilines is 1. The summed E-state index contributed by atoms with van der Waals surface area (Å²) in [7, 11) is 0. The molecule has 2 aromatic rings. The molecule has 0 bridgehead atoms. The van der Waals surface area contributed by atoms with E-state index in [4.69, 9.17) is 10.9 Å². The minimum Gasteiger partial charge on any atom is -0.409 e. The quantitative estimate of drug-likeness (QED) is 0.341. The number of amides is 1. The fourth-order valence-electron chi connectivity index (χ4n) is 1.58. The summed E-state index contributed by atoms with van der Waals surface area (Å²) < 4.78 is 0.914. The van der Waals surface area contributed by atoms with E-state index >= 15 is 0 Å². The van der Waals surface area contributed by atoms with Gasteiger partial charge in [-0.25, -0.2) is 0 Å². The molecule has 0 spiro atoms. The average molecular weight is 354 g/mol. The highest BCUT2D eigenvalue weighted by molar-refractivity contribution is 9.11. The molecule has 0 aliphatic rings. The summed E-state index contributed by atoms with van der Waals surface area (Å²) in [6.07, 6.45) is 0.364. The third kappa shape index (κ3) is 3.82. The molecule has 104 valence electrons. The fraction of sp³-hybridized carbons (Fsp3) is 0.0769. The zero-order valence-electron chi connectivity index (χ0n) is 10.3. The van der Waals surface area contributed by atoms with Crippen molar-refractivity contribution in [2.24, 2.45) is 10.9 Å². The Labute approximate surface area is 128 Å². The molecule has 4 N–H and O–H groups in total. The first-order valence-electron chi connectivity index (χ1n) is 5.70. The summed E-state index contributed by atoms with van der Waals surface area (Å²) in [4.78, 5) is 12.6. The highest BCUT2D eigenvalue weighted by atomic mass is 79.9. The van der Waals surface area contributed by atoms with Gasteiger partial charge in [0.05, 0.1) is 8.66 Å². The Hall–Kier alpha value is -1.86. The number of carbonyl (C=O) groups excluding carboxylic acids is 1. The van der Waals surface area contributed by atoms with Gasteiger partial charge < -0.3 is 16.3 Å². The number of carbonyl (C=O) groups is 1. The molecule has 20 heavy (non-hydrogen) atoms. The van der Waals surface area contributed by atoms with E-state index in [-0.39, 0.29) is 11.7 Å². The van der Waals surface area contributed by atoms with Crippen molar-refractivity contribution in [2.45, 2.75) is 6.42 Å². The van der Waals surface area contributed by atoms with E-state index in [2.05, 4.69) is 26.4 Å². The smallest absolute Gasteiger partial charge is 0.265 e. The van der Waals surface area contributed by atoms with E-state index in [0.29, 0.717) is 17.0 Å². The van der Waals surface area contributed by atoms with Crippen LogP contribution >= 0.6 is 27.3 Å². The Bertz CT molecular complexity index is 637. The van der Waals surface area contributed by atoms with Crippen molar-refractivity contribution in [1.29, 1.82) is 0 Å². The van der Waals surface area contributed by atoms with Gasteiger partial charge in [-0.2, -0.15) is 0 Å². The van der Waals surface area contributed by atoms with Gasteiger partial charge in [-0.15, -0.1) is 11.3 Å². The summed E-state index contributed by atoms with van der Waals surface area (Å²) in [6, 6.07) is 10.8. The van der Waals surface area contributed by atoms with Gasteiger partial charge in [0.1, 0.15) is 5.84 Å². The Kier molecular flexibility index (Phi) is 4.75. The van der Waals surface area contributed by atoms with E-state index in [9.17, 15) is 4.79 Å². The number of oxime groups is 1. The molecule has 1 heterocycles. The predicted molar refractivity (Wildman–Crippen MR) is 83.5 cm³/mol. The maximum Gasteiger partial charge on any atom is 0.265 e. The van der Waals surface area contributed by atoms with Gasteiger partial charge in [0.15, 0.2) is 0 Å². The van der Waals surface area contributed by atoms with Crippen LogP contribution in [0.3, 0.4) is 0 Å². The standard InChI is InChI=1S/C13H12BrN3O2S/c14-11-6-5-10(20-11)13(18)16-9-3-1-8(2-4-9)7-12(15)17-19/h1-6,19H,7H2,(H2,15,17)(H,16,18). The van der Waals surface area contributed by atoms with E-state index in [0.717, 1.165) is 9.35 Å². The van der Waals surface area contributed by atoms with Gasteiger partial charge in [0.25, 0.3) is 5.91 Å². The summed E-state index contributed by atoms with van der Waals surface area (Å²) >= 11 is 4.69. The van der Waals surface area contributed by atoms with Crippen molar-refractivity contribution in [2.75, 3.05) is 5.32 Å². The van der Waals surface area contributed by atoms with Crippen LogP contribution in [0, 0.1) is 0 Å². The zero-order chi connectivity index (χ0) is 14.5. The largest absolute Gasteiger partial charge is 0.409 e. The average Bonchev–Trinajstić information content (AvgIpc) is 2.87. The highest BCUT2D eigenvalue weighted by Gasteiger charge is 2.08. The van der Waals surface area contributed by atoms with Crippen molar-refractivity contribution in [3.05, 3.63) is 50.6 Å². The molecule has 0 radical (unpaired) electrons. The Morgan fingerprint density at radius 1 is 1.30 bits per heavy atom. The Balaban J connectivity index is 2.02. The monoisotopic (exact) mass is 353 g/mol. The molecule has 0 aliphatic heterocycles. The highest BCUT2D eigenvalue weighted by Crippen LogP contribution is 2.23. The number of hydrogen-bond donors (Lipinski definition) is 3. The van der Waals surface area contributed by atoms with Crippen LogP contribution in [0.5, 0.6) is 0 Å². The fourth-order valence-corrected chi connectivity index (χ4v) is 2.86. The lowest BCUT2D eigenvalue weighted by atomic mass is 10.1. The SMILES string of the molecule is NC(Cc1ccc(NC(=O)c2ccc(Br)s2)cc1)=NO.